The van der Waals surface area contributed by atoms with Crippen LogP contribution in [0, 0.1) is 5.41 Å². The molecular formula is C10H16N4O3S. The van der Waals surface area contributed by atoms with E-state index in [2.05, 4.69) is 4.72 Å². The Morgan fingerprint density at radius 2 is 2.06 bits per heavy atom. The quantitative estimate of drug-likeness (QED) is 0.525. The molecule has 18 heavy (non-hydrogen) atoms. The van der Waals surface area contributed by atoms with Gasteiger partial charge in [0.05, 0.1) is 7.11 Å². The van der Waals surface area contributed by atoms with Gasteiger partial charge in [0, 0.05) is 19.7 Å². The van der Waals surface area contributed by atoms with Crippen LogP contribution in [0.5, 0.6) is 5.75 Å². The Morgan fingerprint density at radius 3 is 2.50 bits per heavy atom. The number of hydrogen-bond donors (Lipinski definition) is 3. The molecule has 0 aromatic heterocycles. The smallest absolute Gasteiger partial charge is 0.301 e. The predicted molar refractivity (Wildman–Crippen MR) is 70.2 cm³/mol. The minimum absolute atomic E-state index is 0.154. The number of para-hydroxylation sites is 1. The number of amidine groups is 1. The molecule has 0 aliphatic rings. The molecule has 0 bridgehead atoms. The van der Waals surface area contributed by atoms with Crippen LogP contribution in [0.2, 0.25) is 0 Å². The fourth-order valence-corrected chi connectivity index (χ4v) is 1.90. The highest BCUT2D eigenvalue weighted by Gasteiger charge is 2.19. The van der Waals surface area contributed by atoms with E-state index in [4.69, 9.17) is 15.9 Å². The number of nitrogen functional groups attached to an aromatic ring is 1. The van der Waals surface area contributed by atoms with Crippen LogP contribution in [-0.2, 0) is 10.2 Å². The second-order valence-electron chi connectivity index (χ2n) is 3.69. The van der Waals surface area contributed by atoms with E-state index in [1.807, 2.05) is 0 Å². The first-order valence-electron chi connectivity index (χ1n) is 5.01. The second kappa shape index (κ2) is 5.23. The van der Waals surface area contributed by atoms with Crippen molar-refractivity contribution in [2.24, 2.45) is 5.73 Å². The van der Waals surface area contributed by atoms with Gasteiger partial charge in [-0.2, -0.15) is 12.7 Å². The fraction of sp³-hybridized carbons (Fsp3) is 0.300. The van der Waals surface area contributed by atoms with Crippen molar-refractivity contribution in [1.82, 2.24) is 4.31 Å². The van der Waals surface area contributed by atoms with Gasteiger partial charge >= 0.3 is 10.2 Å². The fourth-order valence-electron chi connectivity index (χ4n) is 1.25. The van der Waals surface area contributed by atoms with Crippen LogP contribution in [0.25, 0.3) is 0 Å². The number of nitrogens with one attached hydrogen (secondary N) is 2. The number of rotatable bonds is 5. The highest BCUT2D eigenvalue weighted by molar-refractivity contribution is 7.90. The Bertz CT molecular complexity index is 554. The molecule has 0 aliphatic heterocycles. The summed E-state index contributed by atoms with van der Waals surface area (Å²) >= 11 is 0. The summed E-state index contributed by atoms with van der Waals surface area (Å²) in [6.45, 7) is 0. The van der Waals surface area contributed by atoms with Crippen molar-refractivity contribution < 1.29 is 13.2 Å². The lowest BCUT2D eigenvalue weighted by molar-refractivity contribution is 0.416. The summed E-state index contributed by atoms with van der Waals surface area (Å²) in [5.41, 5.74) is 5.83. The van der Waals surface area contributed by atoms with Gasteiger partial charge in [-0.15, -0.1) is 0 Å². The van der Waals surface area contributed by atoms with Gasteiger partial charge in [-0.1, -0.05) is 6.07 Å². The summed E-state index contributed by atoms with van der Waals surface area (Å²) < 4.78 is 32.0. The van der Waals surface area contributed by atoms with Gasteiger partial charge in [0.1, 0.15) is 17.3 Å². The zero-order chi connectivity index (χ0) is 13.9. The van der Waals surface area contributed by atoms with E-state index < -0.39 is 10.2 Å². The molecule has 0 amide bonds. The minimum atomic E-state index is -3.69. The molecule has 0 aliphatic carbocycles. The normalized spacial score (nSPS) is 11.3. The summed E-state index contributed by atoms with van der Waals surface area (Å²) in [6, 6.07) is 4.75. The van der Waals surface area contributed by atoms with E-state index in [1.54, 1.807) is 18.2 Å². The third kappa shape index (κ3) is 2.90. The Hall–Kier alpha value is -1.80. The second-order valence-corrected chi connectivity index (χ2v) is 5.57. The average molecular weight is 272 g/mol. The summed E-state index contributed by atoms with van der Waals surface area (Å²) in [6.07, 6.45) is 0. The first-order chi connectivity index (χ1) is 8.29. The van der Waals surface area contributed by atoms with Gasteiger partial charge in [-0.25, -0.2) is 0 Å². The van der Waals surface area contributed by atoms with Crippen molar-refractivity contribution in [2.45, 2.75) is 0 Å². The van der Waals surface area contributed by atoms with Crippen molar-refractivity contribution >= 4 is 21.7 Å². The number of methoxy groups -OCH3 is 1. The molecule has 100 valence electrons. The third-order valence-corrected chi connectivity index (χ3v) is 3.67. The van der Waals surface area contributed by atoms with Crippen LogP contribution >= 0.6 is 0 Å². The van der Waals surface area contributed by atoms with E-state index >= 15 is 0 Å². The van der Waals surface area contributed by atoms with Crippen molar-refractivity contribution in [3.8, 4) is 5.75 Å². The largest absolute Gasteiger partial charge is 0.495 e. The van der Waals surface area contributed by atoms with E-state index in [0.717, 1.165) is 4.31 Å². The molecule has 0 heterocycles. The topological polar surface area (TPSA) is 109 Å². The molecule has 0 atom stereocenters. The standard InChI is InChI=1S/C10H16N4O3S/c1-14(2)18(15,16)13-9-7(10(11)12)5-4-6-8(9)17-3/h4-6,13H,1-3H3,(H3,11,12). The molecule has 0 fully saturated rings. The van der Waals surface area contributed by atoms with E-state index in [0.29, 0.717) is 5.75 Å². The monoisotopic (exact) mass is 272 g/mol. The number of ether oxygens (including phenoxy) is 1. The molecule has 0 unspecified atom stereocenters. The predicted octanol–water partition coefficient (Wildman–Crippen LogP) is 0.198. The van der Waals surface area contributed by atoms with Crippen molar-refractivity contribution in [3.63, 3.8) is 0 Å². The molecule has 8 heteroatoms. The maximum absolute atomic E-state index is 11.8. The third-order valence-electron chi connectivity index (χ3n) is 2.25. The summed E-state index contributed by atoms with van der Waals surface area (Å²) in [4.78, 5) is 0. The first-order valence-corrected chi connectivity index (χ1v) is 6.45. The van der Waals surface area contributed by atoms with Crippen LogP contribution in [0.3, 0.4) is 0 Å². The lowest BCUT2D eigenvalue weighted by Crippen LogP contribution is -2.30. The molecule has 0 saturated carbocycles. The molecular weight excluding hydrogens is 256 g/mol. The van der Waals surface area contributed by atoms with Crippen molar-refractivity contribution in [1.29, 1.82) is 5.41 Å². The molecule has 0 spiro atoms. The summed E-state index contributed by atoms with van der Waals surface area (Å²) in [7, 11) is 0.509. The molecule has 0 radical (unpaired) electrons. The van der Waals surface area contributed by atoms with Crippen LogP contribution in [0.4, 0.5) is 5.69 Å². The lowest BCUT2D eigenvalue weighted by Gasteiger charge is -2.18. The number of nitrogens with zero attached hydrogens (tertiary/aromatic N) is 1. The molecule has 1 aromatic rings. The number of benzene rings is 1. The average Bonchev–Trinajstić information content (AvgIpc) is 2.28. The number of nitrogens with two attached hydrogens (primary N) is 1. The Kier molecular flexibility index (Phi) is 4.15. The summed E-state index contributed by atoms with van der Waals surface area (Å²) in [5, 5.41) is 7.44. The molecule has 1 rings (SSSR count). The molecule has 0 saturated heterocycles. The van der Waals surface area contributed by atoms with Gasteiger partial charge in [0.2, 0.25) is 0 Å². The highest BCUT2D eigenvalue weighted by Crippen LogP contribution is 2.29. The molecule has 1 aromatic carbocycles. The van der Waals surface area contributed by atoms with Gasteiger partial charge in [0.15, 0.2) is 0 Å². The highest BCUT2D eigenvalue weighted by atomic mass is 32.2. The van der Waals surface area contributed by atoms with Crippen molar-refractivity contribution in [3.05, 3.63) is 23.8 Å². The Labute approximate surface area is 106 Å². The van der Waals surface area contributed by atoms with Gasteiger partial charge in [-0.3, -0.25) is 10.1 Å². The lowest BCUT2D eigenvalue weighted by atomic mass is 10.1. The minimum Gasteiger partial charge on any atom is -0.495 e. The Morgan fingerprint density at radius 1 is 1.44 bits per heavy atom. The SMILES string of the molecule is COc1cccc(C(=N)N)c1NS(=O)(=O)N(C)C. The maximum atomic E-state index is 11.8. The Balaban J connectivity index is 3.34. The van der Waals surface area contributed by atoms with E-state index in [9.17, 15) is 8.42 Å². The first kappa shape index (κ1) is 14.3. The number of anilines is 1. The van der Waals surface area contributed by atoms with Gasteiger partial charge in [0.25, 0.3) is 0 Å². The number of hydrogen-bond acceptors (Lipinski definition) is 4. The van der Waals surface area contributed by atoms with Crippen LogP contribution in [-0.4, -0.2) is 39.8 Å². The van der Waals surface area contributed by atoms with E-state index in [-0.39, 0.29) is 17.1 Å². The maximum Gasteiger partial charge on any atom is 0.301 e. The van der Waals surface area contributed by atoms with Crippen LogP contribution in [0.15, 0.2) is 18.2 Å². The zero-order valence-corrected chi connectivity index (χ0v) is 11.2. The molecule has 7 nitrogen and oxygen atoms in total. The van der Waals surface area contributed by atoms with Gasteiger partial charge in [-0.05, 0) is 12.1 Å². The van der Waals surface area contributed by atoms with Gasteiger partial charge < -0.3 is 10.5 Å². The zero-order valence-electron chi connectivity index (χ0n) is 10.4. The van der Waals surface area contributed by atoms with Crippen LogP contribution in [0.1, 0.15) is 5.56 Å². The van der Waals surface area contributed by atoms with Crippen LogP contribution < -0.4 is 15.2 Å². The summed E-state index contributed by atoms with van der Waals surface area (Å²) in [5.74, 6) is 0.0541. The van der Waals surface area contributed by atoms with Crippen molar-refractivity contribution in [2.75, 3.05) is 25.9 Å². The van der Waals surface area contributed by atoms with E-state index in [1.165, 1.54) is 21.2 Å². The molecule has 4 N–H and O–H groups in total.